The van der Waals surface area contributed by atoms with Gasteiger partial charge in [-0.15, -0.1) is 0 Å². The summed E-state index contributed by atoms with van der Waals surface area (Å²) in [4.78, 5) is 34.9. The molecule has 140 valence electrons. The van der Waals surface area contributed by atoms with Gasteiger partial charge in [0.2, 0.25) is 0 Å². The molecule has 2 unspecified atom stereocenters. The molecule has 0 bridgehead atoms. The van der Waals surface area contributed by atoms with Gasteiger partial charge in [0.05, 0.1) is 6.61 Å². The third-order valence-corrected chi connectivity index (χ3v) is 6.50. The number of unbranched alkanes of at least 4 members (excludes halogenated alkanes) is 7. The van der Waals surface area contributed by atoms with Crippen LogP contribution in [0.15, 0.2) is 0 Å². The molecule has 23 heavy (non-hydrogen) atoms. The Morgan fingerprint density at radius 3 is 1.65 bits per heavy atom. The summed E-state index contributed by atoms with van der Waals surface area (Å²) in [6, 6.07) is 0. The Bertz CT molecular complexity index is 462. The third-order valence-electron chi connectivity index (χ3n) is 2.67. The van der Waals surface area contributed by atoms with E-state index in [4.69, 9.17) is 14.7 Å². The Hall–Kier alpha value is 0.410. The van der Waals surface area contributed by atoms with Crippen LogP contribution in [0.1, 0.15) is 58.3 Å². The van der Waals surface area contributed by atoms with Crippen molar-refractivity contribution < 1.29 is 46.4 Å². The molecule has 0 saturated carbocycles. The van der Waals surface area contributed by atoms with Crippen LogP contribution in [0.5, 0.6) is 0 Å². The van der Waals surface area contributed by atoms with Crippen LogP contribution in [0.3, 0.4) is 0 Å². The Morgan fingerprint density at radius 2 is 1.17 bits per heavy atom. The average Bonchev–Trinajstić information content (AvgIpc) is 2.32. The smallest absolute Gasteiger partial charge is 0.302 e. The largest absolute Gasteiger partial charge is 0.490 e. The molecule has 0 heterocycles. The molecule has 0 aromatic carbocycles. The molecule has 0 aromatic rings. The highest BCUT2D eigenvalue weighted by Gasteiger charge is 2.40. The van der Waals surface area contributed by atoms with Gasteiger partial charge >= 0.3 is 23.5 Å². The lowest BCUT2D eigenvalue weighted by Gasteiger charge is -2.16. The number of phosphoric acid groups is 3. The average molecular weight is 398 g/mol. The van der Waals surface area contributed by atoms with Crippen molar-refractivity contribution in [2.75, 3.05) is 6.61 Å². The molecule has 0 aliphatic rings. The summed E-state index contributed by atoms with van der Waals surface area (Å²) in [7, 11) is -15.7. The van der Waals surface area contributed by atoms with Crippen molar-refractivity contribution in [3.63, 3.8) is 0 Å². The maximum Gasteiger partial charge on any atom is 0.490 e. The second kappa shape index (κ2) is 11.1. The second-order valence-electron chi connectivity index (χ2n) is 4.90. The van der Waals surface area contributed by atoms with E-state index in [-0.39, 0.29) is 6.61 Å². The van der Waals surface area contributed by atoms with Gasteiger partial charge in [-0.05, 0) is 6.42 Å². The normalized spacial score (nSPS) is 17.6. The van der Waals surface area contributed by atoms with Crippen molar-refractivity contribution >= 4 is 23.5 Å². The molecule has 13 heteroatoms. The topological polar surface area (TPSA) is 160 Å². The first-order chi connectivity index (χ1) is 10.5. The van der Waals surface area contributed by atoms with Crippen LogP contribution in [0.25, 0.3) is 0 Å². The number of rotatable bonds is 14. The quantitative estimate of drug-likeness (QED) is 0.252. The molecule has 0 rings (SSSR count). The lowest BCUT2D eigenvalue weighted by molar-refractivity contribution is 0.170. The van der Waals surface area contributed by atoms with Crippen LogP contribution in [0.2, 0.25) is 0 Å². The molecule has 10 nitrogen and oxygen atoms in total. The monoisotopic (exact) mass is 398 g/mol. The third kappa shape index (κ3) is 15.7. The fraction of sp³-hybridized carbons (Fsp3) is 1.00. The Morgan fingerprint density at radius 1 is 0.696 bits per heavy atom. The zero-order valence-corrected chi connectivity index (χ0v) is 15.6. The first kappa shape index (κ1) is 23.4. The Balaban J connectivity index is 3.90. The Kier molecular flexibility index (Phi) is 11.3. The van der Waals surface area contributed by atoms with E-state index in [1.807, 2.05) is 0 Å². The van der Waals surface area contributed by atoms with Crippen LogP contribution in [0.4, 0.5) is 0 Å². The number of hydrogen-bond acceptors (Lipinski definition) is 6. The molecule has 0 spiro atoms. The van der Waals surface area contributed by atoms with Crippen LogP contribution >= 0.6 is 23.5 Å². The molecule has 4 N–H and O–H groups in total. The van der Waals surface area contributed by atoms with Crippen LogP contribution in [-0.4, -0.2) is 26.2 Å². The molecule has 0 aromatic heterocycles. The first-order valence-electron chi connectivity index (χ1n) is 7.26. The highest BCUT2D eigenvalue weighted by Crippen LogP contribution is 2.66. The molecule has 0 saturated heterocycles. The summed E-state index contributed by atoms with van der Waals surface area (Å²) in [6.07, 6.45) is 7.85. The fourth-order valence-electron chi connectivity index (χ4n) is 1.72. The molecule has 0 radical (unpaired) electrons. The SMILES string of the molecule is CCCCCCCCCCOP(=O)(O)OP(=O)(O)OP(=O)(O)O. The van der Waals surface area contributed by atoms with Gasteiger partial charge in [-0.25, -0.2) is 13.7 Å². The van der Waals surface area contributed by atoms with Crippen LogP contribution in [0, 0.1) is 0 Å². The van der Waals surface area contributed by atoms with E-state index in [1.165, 1.54) is 19.3 Å². The maximum atomic E-state index is 11.4. The van der Waals surface area contributed by atoms with Crippen LogP contribution in [-0.2, 0) is 26.8 Å². The van der Waals surface area contributed by atoms with Gasteiger partial charge in [0, 0.05) is 0 Å². The summed E-state index contributed by atoms with van der Waals surface area (Å²) in [5, 5.41) is 0. The Labute approximate surface area is 135 Å². The van der Waals surface area contributed by atoms with Gasteiger partial charge in [-0.3, -0.25) is 4.52 Å². The summed E-state index contributed by atoms with van der Waals surface area (Å²) in [6.45, 7) is 1.93. The van der Waals surface area contributed by atoms with Crippen LogP contribution < -0.4 is 0 Å². The van der Waals surface area contributed by atoms with Crippen molar-refractivity contribution in [2.45, 2.75) is 58.3 Å². The van der Waals surface area contributed by atoms with E-state index in [0.29, 0.717) is 6.42 Å². The molecular formula is C10H25O10P3. The predicted octanol–water partition coefficient (Wildman–Crippen LogP) is 3.47. The van der Waals surface area contributed by atoms with Gasteiger partial charge in [0.15, 0.2) is 0 Å². The molecular weight excluding hydrogens is 373 g/mol. The molecule has 0 amide bonds. The zero-order valence-electron chi connectivity index (χ0n) is 12.9. The maximum absolute atomic E-state index is 11.4. The minimum Gasteiger partial charge on any atom is -0.302 e. The van der Waals surface area contributed by atoms with E-state index in [0.717, 1.165) is 25.7 Å². The highest BCUT2D eigenvalue weighted by molar-refractivity contribution is 7.66. The zero-order chi connectivity index (χ0) is 18.0. The fourth-order valence-corrected chi connectivity index (χ4v) is 4.77. The molecule has 0 aliphatic heterocycles. The van der Waals surface area contributed by atoms with Gasteiger partial charge in [-0.2, -0.15) is 8.62 Å². The van der Waals surface area contributed by atoms with E-state index in [2.05, 4.69) is 20.1 Å². The summed E-state index contributed by atoms with van der Waals surface area (Å²) >= 11 is 0. The van der Waals surface area contributed by atoms with E-state index in [1.54, 1.807) is 0 Å². The van der Waals surface area contributed by atoms with Crippen molar-refractivity contribution in [3.8, 4) is 0 Å². The van der Waals surface area contributed by atoms with Crippen molar-refractivity contribution in [3.05, 3.63) is 0 Å². The van der Waals surface area contributed by atoms with E-state index >= 15 is 0 Å². The number of phosphoric ester groups is 1. The summed E-state index contributed by atoms with van der Waals surface area (Å²) in [5.74, 6) is 0. The van der Waals surface area contributed by atoms with Crippen molar-refractivity contribution in [2.24, 2.45) is 0 Å². The van der Waals surface area contributed by atoms with Gasteiger partial charge in [0.25, 0.3) is 0 Å². The standard InChI is InChI=1S/C10H25O10P3/c1-2-3-4-5-6-7-8-9-10-18-22(14,15)20-23(16,17)19-21(11,12)13/h2-10H2,1H3,(H,14,15)(H,16,17)(H2,11,12,13). The van der Waals surface area contributed by atoms with Gasteiger partial charge < -0.3 is 19.6 Å². The molecule has 2 atom stereocenters. The lowest BCUT2D eigenvalue weighted by atomic mass is 10.1. The van der Waals surface area contributed by atoms with E-state index in [9.17, 15) is 18.6 Å². The minimum atomic E-state index is -5.41. The number of hydrogen-bond donors (Lipinski definition) is 4. The predicted molar refractivity (Wildman–Crippen MR) is 82.4 cm³/mol. The first-order valence-corrected chi connectivity index (χ1v) is 11.8. The molecule has 0 fully saturated rings. The molecule has 0 aliphatic carbocycles. The lowest BCUT2D eigenvalue weighted by Crippen LogP contribution is -1.98. The van der Waals surface area contributed by atoms with Crippen molar-refractivity contribution in [1.82, 2.24) is 0 Å². The second-order valence-corrected chi connectivity index (χ2v) is 9.32. The minimum absolute atomic E-state index is 0.196. The van der Waals surface area contributed by atoms with Gasteiger partial charge in [-0.1, -0.05) is 51.9 Å². The summed E-state index contributed by atoms with van der Waals surface area (Å²) in [5.41, 5.74) is 0. The van der Waals surface area contributed by atoms with E-state index < -0.39 is 23.5 Å². The highest BCUT2D eigenvalue weighted by atomic mass is 31.3. The van der Waals surface area contributed by atoms with Crippen molar-refractivity contribution in [1.29, 1.82) is 0 Å². The summed E-state index contributed by atoms with van der Waals surface area (Å²) < 4.78 is 44.5. The van der Waals surface area contributed by atoms with Gasteiger partial charge in [0.1, 0.15) is 0 Å².